The molecule has 0 aliphatic carbocycles. The molecule has 0 amide bonds. The van der Waals surface area contributed by atoms with Gasteiger partial charge in [0.05, 0.1) is 13.7 Å². The molecule has 5 heteroatoms. The van der Waals surface area contributed by atoms with Crippen molar-refractivity contribution in [1.29, 1.82) is 0 Å². The molecule has 0 atom stereocenters. The molecular weight excluding hydrogens is 260 g/mol. The first kappa shape index (κ1) is 17.8. The molecule has 0 spiro atoms. The molecule has 0 aromatic heterocycles. The number of methoxy groups -OCH3 is 1. The van der Waals surface area contributed by atoms with E-state index in [4.69, 9.17) is 20.1 Å². The molecule has 0 radical (unpaired) electrons. The Kier molecular flexibility index (Phi) is 9.47. The lowest BCUT2D eigenvalue weighted by atomic mass is 10.2. The highest BCUT2D eigenvalue weighted by Gasteiger charge is 2.04. The van der Waals surface area contributed by atoms with Crippen molar-refractivity contribution in [3.8, 4) is 17.2 Å². The van der Waals surface area contributed by atoms with E-state index in [2.05, 4.69) is 0 Å². The molecule has 2 aromatic carbocycles. The van der Waals surface area contributed by atoms with E-state index in [1.165, 1.54) is 7.11 Å². The van der Waals surface area contributed by atoms with Crippen LogP contribution in [0, 0.1) is 0 Å². The number of hydrogen-bond donors (Lipinski definition) is 4. The molecular formula is C15H20O5. The minimum atomic E-state index is -0.178. The van der Waals surface area contributed by atoms with Crippen LogP contribution in [0.3, 0.4) is 0 Å². The lowest BCUT2D eigenvalue weighted by Gasteiger charge is -2.05. The summed E-state index contributed by atoms with van der Waals surface area (Å²) in [4.78, 5) is 0. The van der Waals surface area contributed by atoms with Gasteiger partial charge in [-0.1, -0.05) is 30.3 Å². The Morgan fingerprint density at radius 2 is 1.50 bits per heavy atom. The van der Waals surface area contributed by atoms with Gasteiger partial charge in [0.1, 0.15) is 5.75 Å². The number of aromatic hydroxyl groups is 2. The fourth-order valence-corrected chi connectivity index (χ4v) is 1.29. The lowest BCUT2D eigenvalue weighted by molar-refractivity contribution is 0.272. The second-order valence-electron chi connectivity index (χ2n) is 3.46. The second-order valence-corrected chi connectivity index (χ2v) is 3.46. The van der Waals surface area contributed by atoms with Gasteiger partial charge in [0.15, 0.2) is 11.5 Å². The van der Waals surface area contributed by atoms with Gasteiger partial charge in [-0.2, -0.15) is 0 Å². The number of benzene rings is 2. The SMILES string of the molecule is CO.COc1cccc(CO)c1O.Oc1ccccc1. The van der Waals surface area contributed by atoms with E-state index in [1.54, 1.807) is 42.5 Å². The van der Waals surface area contributed by atoms with Crippen LogP contribution >= 0.6 is 0 Å². The van der Waals surface area contributed by atoms with Crippen molar-refractivity contribution in [3.63, 3.8) is 0 Å². The van der Waals surface area contributed by atoms with E-state index in [0.29, 0.717) is 17.1 Å². The van der Waals surface area contributed by atoms with Gasteiger partial charge in [-0.3, -0.25) is 0 Å². The second kappa shape index (κ2) is 10.7. The summed E-state index contributed by atoms with van der Waals surface area (Å²) in [6, 6.07) is 13.7. The number of phenolic OH excluding ortho intramolecular Hbond substituents is 1. The van der Waals surface area contributed by atoms with Crippen molar-refractivity contribution in [2.24, 2.45) is 0 Å². The first-order valence-corrected chi connectivity index (χ1v) is 5.83. The number of aliphatic hydroxyl groups is 2. The summed E-state index contributed by atoms with van der Waals surface area (Å²) >= 11 is 0. The van der Waals surface area contributed by atoms with Crippen molar-refractivity contribution in [3.05, 3.63) is 54.1 Å². The molecule has 0 unspecified atom stereocenters. The summed E-state index contributed by atoms with van der Waals surface area (Å²) < 4.78 is 4.83. The van der Waals surface area contributed by atoms with Gasteiger partial charge in [-0.25, -0.2) is 0 Å². The number of phenols is 2. The zero-order valence-electron chi connectivity index (χ0n) is 11.5. The van der Waals surface area contributed by atoms with Gasteiger partial charge in [0.2, 0.25) is 0 Å². The van der Waals surface area contributed by atoms with Crippen LogP contribution < -0.4 is 4.74 Å². The summed E-state index contributed by atoms with van der Waals surface area (Å²) in [7, 11) is 2.47. The number of ether oxygens (including phenoxy) is 1. The first-order chi connectivity index (χ1) is 9.69. The third kappa shape index (κ3) is 6.08. The highest BCUT2D eigenvalue weighted by molar-refractivity contribution is 5.44. The molecule has 2 aromatic rings. The Hall–Kier alpha value is -2.24. The molecule has 4 N–H and O–H groups in total. The van der Waals surface area contributed by atoms with Crippen LogP contribution in [0.4, 0.5) is 0 Å². The smallest absolute Gasteiger partial charge is 0.163 e. The fourth-order valence-electron chi connectivity index (χ4n) is 1.29. The van der Waals surface area contributed by atoms with Gasteiger partial charge in [0.25, 0.3) is 0 Å². The molecule has 5 nitrogen and oxygen atoms in total. The van der Waals surface area contributed by atoms with Crippen molar-refractivity contribution in [2.45, 2.75) is 6.61 Å². The van der Waals surface area contributed by atoms with E-state index >= 15 is 0 Å². The van der Waals surface area contributed by atoms with E-state index in [0.717, 1.165) is 7.11 Å². The van der Waals surface area contributed by atoms with Crippen molar-refractivity contribution in [1.82, 2.24) is 0 Å². The number of rotatable bonds is 2. The first-order valence-electron chi connectivity index (χ1n) is 5.83. The molecule has 0 fully saturated rings. The molecule has 110 valence electrons. The average molecular weight is 280 g/mol. The Morgan fingerprint density at radius 1 is 0.900 bits per heavy atom. The lowest BCUT2D eigenvalue weighted by Crippen LogP contribution is -1.88. The number of para-hydroxylation sites is 2. The highest BCUT2D eigenvalue weighted by atomic mass is 16.5. The Labute approximate surface area is 118 Å². The van der Waals surface area contributed by atoms with Gasteiger partial charge in [-0.15, -0.1) is 0 Å². The van der Waals surface area contributed by atoms with Crippen LogP contribution in [0.2, 0.25) is 0 Å². The molecule has 0 aliphatic rings. The molecule has 0 aliphatic heterocycles. The highest BCUT2D eigenvalue weighted by Crippen LogP contribution is 2.28. The Balaban J connectivity index is 0.000000345. The maximum atomic E-state index is 9.30. The summed E-state index contributed by atoms with van der Waals surface area (Å²) in [5, 5.41) is 33.7. The van der Waals surface area contributed by atoms with Crippen LogP contribution in [0.25, 0.3) is 0 Å². The van der Waals surface area contributed by atoms with E-state index in [-0.39, 0.29) is 12.4 Å². The van der Waals surface area contributed by atoms with E-state index in [9.17, 15) is 5.11 Å². The number of hydrogen-bond acceptors (Lipinski definition) is 5. The molecule has 0 bridgehead atoms. The van der Waals surface area contributed by atoms with Gasteiger partial charge in [0, 0.05) is 12.7 Å². The van der Waals surface area contributed by atoms with Crippen molar-refractivity contribution < 1.29 is 25.2 Å². The largest absolute Gasteiger partial charge is 0.508 e. The van der Waals surface area contributed by atoms with E-state index < -0.39 is 0 Å². The monoisotopic (exact) mass is 280 g/mol. The zero-order valence-corrected chi connectivity index (χ0v) is 11.5. The van der Waals surface area contributed by atoms with Crippen molar-refractivity contribution in [2.75, 3.05) is 14.2 Å². The predicted octanol–water partition coefficient (Wildman–Crippen LogP) is 1.89. The van der Waals surface area contributed by atoms with Gasteiger partial charge in [-0.05, 0) is 18.2 Å². The van der Waals surface area contributed by atoms with Crippen LogP contribution in [0.1, 0.15) is 5.56 Å². The molecule has 0 saturated heterocycles. The van der Waals surface area contributed by atoms with Crippen LogP contribution in [0.15, 0.2) is 48.5 Å². The normalized spacial score (nSPS) is 8.60. The molecule has 2 rings (SSSR count). The summed E-state index contributed by atoms with van der Waals surface area (Å²) in [5.74, 6) is 0.719. The maximum Gasteiger partial charge on any atom is 0.163 e. The van der Waals surface area contributed by atoms with Gasteiger partial charge < -0.3 is 25.2 Å². The van der Waals surface area contributed by atoms with E-state index in [1.807, 2.05) is 6.07 Å². The standard InChI is InChI=1S/C8H10O3.C6H6O.CH4O/c1-11-7-4-2-3-6(5-9)8(7)10;7-6-4-2-1-3-5-6;1-2/h2-4,9-10H,5H2,1H3;1-5,7H;2H,1H3. The number of aliphatic hydroxyl groups excluding tert-OH is 2. The van der Waals surface area contributed by atoms with Crippen LogP contribution in [-0.2, 0) is 6.61 Å². The molecule has 0 saturated carbocycles. The maximum absolute atomic E-state index is 9.30. The minimum Gasteiger partial charge on any atom is -0.508 e. The minimum absolute atomic E-state index is 0.0116. The van der Waals surface area contributed by atoms with Gasteiger partial charge >= 0.3 is 0 Å². The van der Waals surface area contributed by atoms with Crippen LogP contribution in [0.5, 0.6) is 17.2 Å². The summed E-state index contributed by atoms with van der Waals surface area (Å²) in [6.45, 7) is -0.178. The quantitative estimate of drug-likeness (QED) is 0.674. The Morgan fingerprint density at radius 3 is 1.90 bits per heavy atom. The van der Waals surface area contributed by atoms with Crippen molar-refractivity contribution >= 4 is 0 Å². The van der Waals surface area contributed by atoms with Crippen LogP contribution in [-0.4, -0.2) is 34.6 Å². The zero-order chi connectivity index (χ0) is 15.4. The molecule has 20 heavy (non-hydrogen) atoms. The third-order valence-corrected chi connectivity index (χ3v) is 2.23. The summed E-state index contributed by atoms with van der Waals surface area (Å²) in [6.07, 6.45) is 0. The predicted molar refractivity (Wildman–Crippen MR) is 76.8 cm³/mol. The fraction of sp³-hybridized carbons (Fsp3) is 0.200. The summed E-state index contributed by atoms with van der Waals surface area (Å²) in [5.41, 5.74) is 0.476. The Bertz CT molecular complexity index is 449. The third-order valence-electron chi connectivity index (χ3n) is 2.23. The topological polar surface area (TPSA) is 90.2 Å². The average Bonchev–Trinajstić information content (AvgIpc) is 2.51. The molecule has 0 heterocycles.